The number of nitrogens with zero attached hydrogens (tertiary/aromatic N) is 3. The number of amides is 2. The topological polar surface area (TPSA) is 88.3 Å². The predicted molar refractivity (Wildman–Crippen MR) is 132 cm³/mol. The number of aryl methyl sites for hydroxylation is 1. The van der Waals surface area contributed by atoms with Gasteiger partial charge in [0, 0.05) is 41.7 Å². The summed E-state index contributed by atoms with van der Waals surface area (Å²) >= 11 is 0. The van der Waals surface area contributed by atoms with Crippen molar-refractivity contribution in [2.45, 2.75) is 57.3 Å². The van der Waals surface area contributed by atoms with E-state index in [9.17, 15) is 9.59 Å². The summed E-state index contributed by atoms with van der Waals surface area (Å²) in [5, 5.41) is 7.26. The second-order valence-corrected chi connectivity index (χ2v) is 10.0. The van der Waals surface area contributed by atoms with Crippen LogP contribution in [0.2, 0.25) is 0 Å². The third-order valence-corrected chi connectivity index (χ3v) is 7.57. The first-order valence-electron chi connectivity index (χ1n) is 12.8. The monoisotopic (exact) mass is 470 g/mol. The molecule has 2 amide bonds. The maximum absolute atomic E-state index is 13.1. The first kappa shape index (κ1) is 22.0. The molecule has 0 radical (unpaired) electrons. The lowest BCUT2D eigenvalue weighted by atomic mass is 9.90. The Morgan fingerprint density at radius 3 is 2.49 bits per heavy atom. The zero-order chi connectivity index (χ0) is 23.8. The lowest BCUT2D eigenvalue weighted by Gasteiger charge is -2.31. The number of hydrogen-bond acceptors (Lipinski definition) is 5. The SMILES string of the molecule is O=C(Nc1cccc2c1CCCC2)C1CCN(C(=O)c2ccc(-c3noc(C4CC4)n3)cc2)CC1. The van der Waals surface area contributed by atoms with Crippen molar-refractivity contribution in [1.29, 1.82) is 0 Å². The maximum Gasteiger partial charge on any atom is 0.253 e. The molecule has 180 valence electrons. The number of carbonyl (C=O) groups is 2. The van der Waals surface area contributed by atoms with Gasteiger partial charge in [-0.05, 0) is 80.7 Å². The molecule has 1 saturated carbocycles. The zero-order valence-electron chi connectivity index (χ0n) is 19.8. The van der Waals surface area contributed by atoms with Crippen LogP contribution in [-0.4, -0.2) is 39.9 Å². The molecule has 7 heteroatoms. The van der Waals surface area contributed by atoms with Crippen LogP contribution in [0.4, 0.5) is 5.69 Å². The highest BCUT2D eigenvalue weighted by atomic mass is 16.5. The molecule has 1 aliphatic heterocycles. The molecule has 7 nitrogen and oxygen atoms in total. The van der Waals surface area contributed by atoms with E-state index in [2.05, 4.69) is 21.5 Å². The van der Waals surface area contributed by atoms with Crippen molar-refractivity contribution < 1.29 is 14.1 Å². The highest BCUT2D eigenvalue weighted by Gasteiger charge is 2.30. The van der Waals surface area contributed by atoms with Crippen molar-refractivity contribution in [1.82, 2.24) is 15.0 Å². The van der Waals surface area contributed by atoms with Crippen LogP contribution in [0.5, 0.6) is 0 Å². The van der Waals surface area contributed by atoms with Gasteiger partial charge in [0.2, 0.25) is 17.6 Å². The standard InChI is InChI=1S/C28H30N4O3/c33-26(29-24-7-3-5-18-4-1-2-6-23(18)24)20-14-16-32(17-15-20)28(34)22-12-8-19(9-13-22)25-30-27(35-31-25)21-10-11-21/h3,5,7-9,12-13,20-21H,1-2,4,6,10-11,14-17H2,(H,29,33). The van der Waals surface area contributed by atoms with E-state index < -0.39 is 0 Å². The van der Waals surface area contributed by atoms with E-state index in [1.165, 1.54) is 24.0 Å². The molecular formula is C28H30N4O3. The summed E-state index contributed by atoms with van der Waals surface area (Å²) in [5.74, 6) is 1.70. The Kier molecular flexibility index (Phi) is 5.84. The molecule has 2 fully saturated rings. The predicted octanol–water partition coefficient (Wildman–Crippen LogP) is 4.98. The molecule has 0 spiro atoms. The van der Waals surface area contributed by atoms with E-state index in [1.54, 1.807) is 0 Å². The van der Waals surface area contributed by atoms with Crippen molar-refractivity contribution >= 4 is 17.5 Å². The van der Waals surface area contributed by atoms with E-state index in [-0.39, 0.29) is 17.7 Å². The fourth-order valence-electron chi connectivity index (χ4n) is 5.27. The first-order valence-corrected chi connectivity index (χ1v) is 12.8. The van der Waals surface area contributed by atoms with Crippen molar-refractivity contribution in [2.24, 2.45) is 5.92 Å². The van der Waals surface area contributed by atoms with E-state index in [0.717, 1.165) is 36.9 Å². The fourth-order valence-corrected chi connectivity index (χ4v) is 5.27. The van der Waals surface area contributed by atoms with Gasteiger partial charge in [-0.2, -0.15) is 4.98 Å². The van der Waals surface area contributed by atoms with Gasteiger partial charge in [0.25, 0.3) is 5.91 Å². The lowest BCUT2D eigenvalue weighted by Crippen LogP contribution is -2.41. The Balaban J connectivity index is 1.05. The Hall–Kier alpha value is -3.48. The summed E-state index contributed by atoms with van der Waals surface area (Å²) in [6.45, 7) is 1.17. The fraction of sp³-hybridized carbons (Fsp3) is 0.429. The summed E-state index contributed by atoms with van der Waals surface area (Å²) < 4.78 is 5.34. The molecule has 1 N–H and O–H groups in total. The minimum absolute atomic E-state index is 0.000631. The smallest absolute Gasteiger partial charge is 0.253 e. The molecular weight excluding hydrogens is 440 g/mol. The van der Waals surface area contributed by atoms with Crippen LogP contribution < -0.4 is 5.32 Å². The van der Waals surface area contributed by atoms with Gasteiger partial charge < -0.3 is 14.7 Å². The van der Waals surface area contributed by atoms with Crippen LogP contribution in [-0.2, 0) is 17.6 Å². The highest BCUT2D eigenvalue weighted by molar-refractivity contribution is 5.96. The molecule has 0 unspecified atom stereocenters. The van der Waals surface area contributed by atoms with Gasteiger partial charge >= 0.3 is 0 Å². The summed E-state index contributed by atoms with van der Waals surface area (Å²) in [7, 11) is 0. The molecule has 1 aromatic heterocycles. The summed E-state index contributed by atoms with van der Waals surface area (Å²) in [6, 6.07) is 13.6. The number of nitrogens with one attached hydrogen (secondary N) is 1. The number of likely N-dealkylation sites (tertiary alicyclic amines) is 1. The second-order valence-electron chi connectivity index (χ2n) is 10.0. The third kappa shape index (κ3) is 4.59. The minimum Gasteiger partial charge on any atom is -0.339 e. The number of anilines is 1. The van der Waals surface area contributed by atoms with Crippen molar-refractivity contribution in [3.05, 3.63) is 65.0 Å². The number of benzene rings is 2. The van der Waals surface area contributed by atoms with Gasteiger partial charge in [-0.3, -0.25) is 9.59 Å². The zero-order valence-corrected chi connectivity index (χ0v) is 19.8. The van der Waals surface area contributed by atoms with Gasteiger partial charge in [0.05, 0.1) is 0 Å². The molecule has 0 bridgehead atoms. The van der Waals surface area contributed by atoms with Gasteiger partial charge in [-0.15, -0.1) is 0 Å². The summed E-state index contributed by atoms with van der Waals surface area (Å²) in [6.07, 6.45) is 8.11. The van der Waals surface area contributed by atoms with Gasteiger partial charge in [0.1, 0.15) is 0 Å². The number of aromatic nitrogens is 2. The van der Waals surface area contributed by atoms with Crippen LogP contribution in [0.1, 0.15) is 71.8 Å². The van der Waals surface area contributed by atoms with E-state index in [4.69, 9.17) is 4.52 Å². The van der Waals surface area contributed by atoms with Crippen molar-refractivity contribution in [3.8, 4) is 11.4 Å². The maximum atomic E-state index is 13.1. The average Bonchev–Trinajstić information content (AvgIpc) is 3.65. The van der Waals surface area contributed by atoms with E-state index in [1.807, 2.05) is 41.3 Å². The molecule has 2 aromatic carbocycles. The minimum atomic E-state index is -0.0697. The van der Waals surface area contributed by atoms with Crippen LogP contribution in [0.25, 0.3) is 11.4 Å². The first-order chi connectivity index (χ1) is 17.2. The van der Waals surface area contributed by atoms with Gasteiger partial charge in [0.15, 0.2) is 0 Å². The van der Waals surface area contributed by atoms with Gasteiger partial charge in [-0.1, -0.05) is 29.4 Å². The number of carbonyl (C=O) groups excluding carboxylic acids is 2. The number of fused-ring (bicyclic) bond motifs is 1. The summed E-state index contributed by atoms with van der Waals surface area (Å²) in [5.41, 5.74) is 5.11. The summed E-state index contributed by atoms with van der Waals surface area (Å²) in [4.78, 5) is 32.4. The molecule has 3 aromatic rings. The van der Waals surface area contributed by atoms with E-state index in [0.29, 0.717) is 49.1 Å². The Morgan fingerprint density at radius 2 is 1.71 bits per heavy atom. The van der Waals surface area contributed by atoms with Crippen LogP contribution in [0.3, 0.4) is 0 Å². The quantitative estimate of drug-likeness (QED) is 0.568. The highest BCUT2D eigenvalue weighted by Crippen LogP contribution is 2.39. The molecule has 0 atom stereocenters. The Labute approximate surface area is 204 Å². The third-order valence-electron chi connectivity index (χ3n) is 7.57. The van der Waals surface area contributed by atoms with Crippen LogP contribution in [0, 0.1) is 5.92 Å². The van der Waals surface area contributed by atoms with E-state index >= 15 is 0 Å². The Morgan fingerprint density at radius 1 is 0.943 bits per heavy atom. The normalized spacial score (nSPS) is 18.2. The number of hydrogen-bond donors (Lipinski definition) is 1. The lowest BCUT2D eigenvalue weighted by molar-refractivity contribution is -0.121. The molecule has 2 aliphatic carbocycles. The molecule has 6 rings (SSSR count). The average molecular weight is 471 g/mol. The second kappa shape index (κ2) is 9.29. The Bertz CT molecular complexity index is 1240. The van der Waals surface area contributed by atoms with Crippen LogP contribution >= 0.6 is 0 Å². The van der Waals surface area contributed by atoms with Crippen molar-refractivity contribution in [2.75, 3.05) is 18.4 Å². The largest absolute Gasteiger partial charge is 0.339 e. The molecule has 35 heavy (non-hydrogen) atoms. The molecule has 2 heterocycles. The molecule has 1 saturated heterocycles. The van der Waals surface area contributed by atoms with Crippen molar-refractivity contribution in [3.63, 3.8) is 0 Å². The number of rotatable bonds is 5. The van der Waals surface area contributed by atoms with Gasteiger partial charge in [-0.25, -0.2) is 0 Å². The number of piperidine rings is 1. The van der Waals surface area contributed by atoms with Crippen LogP contribution in [0.15, 0.2) is 47.0 Å². The molecule has 3 aliphatic rings.